The van der Waals surface area contributed by atoms with E-state index in [2.05, 4.69) is 30.5 Å². The fourth-order valence-corrected chi connectivity index (χ4v) is 3.53. The second-order valence-electron chi connectivity index (χ2n) is 6.27. The minimum atomic E-state index is -0.391. The van der Waals surface area contributed by atoms with Crippen LogP contribution in [0.4, 0.5) is 4.39 Å². The minimum absolute atomic E-state index is 0.148. The topological polar surface area (TPSA) is 107 Å². The largest absolute Gasteiger partial charge is 0.287 e. The predicted octanol–water partition coefficient (Wildman–Crippen LogP) is 2.38. The molecule has 0 aliphatic carbocycles. The van der Waals surface area contributed by atoms with E-state index in [-0.39, 0.29) is 11.3 Å². The Labute approximate surface area is 166 Å². The molecule has 0 aliphatic heterocycles. The molecule has 144 valence electrons. The number of aryl methyl sites for hydroxylation is 1. The lowest BCUT2D eigenvalue weighted by Crippen LogP contribution is -2.21. The monoisotopic (exact) mass is 408 g/mol. The Morgan fingerprint density at radius 2 is 1.93 bits per heavy atom. The Bertz CT molecular complexity index is 1440. The number of thioether (sulfide) groups is 1. The lowest BCUT2D eigenvalue weighted by Gasteiger charge is -2.04. The van der Waals surface area contributed by atoms with E-state index in [9.17, 15) is 9.18 Å². The molecule has 0 fully saturated rings. The highest BCUT2D eigenvalue weighted by Crippen LogP contribution is 2.28. The number of pyridine rings is 1. The molecule has 4 aromatic heterocycles. The molecule has 0 radical (unpaired) electrons. The third kappa shape index (κ3) is 2.70. The molecule has 0 saturated heterocycles. The number of fused-ring (bicyclic) bond motifs is 3. The second kappa shape index (κ2) is 6.48. The van der Waals surface area contributed by atoms with Gasteiger partial charge in [-0.15, -0.1) is 15.3 Å². The molecular formula is C18H13FN8OS. The van der Waals surface area contributed by atoms with E-state index in [4.69, 9.17) is 0 Å². The molecule has 0 saturated carbocycles. The number of hydrogen-bond acceptors (Lipinski definition) is 7. The smallest absolute Gasteiger partial charge is 0.266 e. The molecule has 0 aliphatic rings. The van der Waals surface area contributed by atoms with Crippen LogP contribution in [0.15, 0.2) is 46.5 Å². The molecule has 5 rings (SSSR count). The third-order valence-electron chi connectivity index (χ3n) is 4.55. The van der Waals surface area contributed by atoms with E-state index in [0.717, 1.165) is 11.1 Å². The van der Waals surface area contributed by atoms with Gasteiger partial charge in [-0.25, -0.2) is 14.0 Å². The molecule has 5 aromatic rings. The van der Waals surface area contributed by atoms with Gasteiger partial charge in [-0.1, -0.05) is 23.9 Å². The molecule has 9 nitrogen and oxygen atoms in total. The average molecular weight is 408 g/mol. The van der Waals surface area contributed by atoms with Crippen LogP contribution in [0, 0.1) is 12.7 Å². The zero-order valence-corrected chi connectivity index (χ0v) is 16.1. The van der Waals surface area contributed by atoms with Gasteiger partial charge in [-0.05, 0) is 36.9 Å². The maximum absolute atomic E-state index is 13.3. The highest BCUT2D eigenvalue weighted by atomic mass is 32.2. The van der Waals surface area contributed by atoms with E-state index in [1.807, 2.05) is 13.2 Å². The molecule has 11 heteroatoms. The van der Waals surface area contributed by atoms with Gasteiger partial charge in [0.15, 0.2) is 11.2 Å². The van der Waals surface area contributed by atoms with Gasteiger partial charge in [0.25, 0.3) is 5.56 Å². The van der Waals surface area contributed by atoms with Crippen molar-refractivity contribution < 1.29 is 4.39 Å². The van der Waals surface area contributed by atoms with E-state index in [1.165, 1.54) is 28.5 Å². The van der Waals surface area contributed by atoms with E-state index >= 15 is 0 Å². The number of nitrogens with zero attached hydrogens (tertiary/aromatic N) is 7. The summed E-state index contributed by atoms with van der Waals surface area (Å²) in [5, 5.41) is 20.2. The van der Waals surface area contributed by atoms with Gasteiger partial charge >= 0.3 is 0 Å². The van der Waals surface area contributed by atoms with E-state index in [0.29, 0.717) is 28.0 Å². The zero-order chi connectivity index (χ0) is 20.1. The normalized spacial score (nSPS) is 11.6. The first-order chi connectivity index (χ1) is 14.1. The number of H-pyrrole nitrogens is 1. The van der Waals surface area contributed by atoms with Gasteiger partial charge in [0.05, 0.1) is 11.3 Å². The van der Waals surface area contributed by atoms with Crippen LogP contribution in [0.1, 0.15) is 5.69 Å². The number of aromatic amines is 1. The van der Waals surface area contributed by atoms with Crippen LogP contribution in [0.25, 0.3) is 33.8 Å². The SMILES string of the molecule is CSc1n[nH]c(-n2ccc3c(nnc4c(-c5ccc(F)cc5)c(C)nn43)c2=O)n1. The summed E-state index contributed by atoms with van der Waals surface area (Å²) in [4.78, 5) is 17.2. The summed E-state index contributed by atoms with van der Waals surface area (Å²) >= 11 is 1.36. The Kier molecular flexibility index (Phi) is 3.91. The van der Waals surface area contributed by atoms with Gasteiger partial charge < -0.3 is 0 Å². The Morgan fingerprint density at radius 1 is 1.14 bits per heavy atom. The van der Waals surface area contributed by atoms with Crippen molar-refractivity contribution in [1.82, 2.24) is 39.6 Å². The number of aromatic nitrogens is 8. The first kappa shape index (κ1) is 17.5. The van der Waals surface area contributed by atoms with E-state index in [1.54, 1.807) is 28.9 Å². The minimum Gasteiger partial charge on any atom is -0.266 e. The Morgan fingerprint density at radius 3 is 2.66 bits per heavy atom. The molecule has 1 N–H and O–H groups in total. The van der Waals surface area contributed by atoms with Crippen LogP contribution in [0.5, 0.6) is 0 Å². The standard InChI is InChI=1S/C18H13FN8OS/c1-9-13(10-3-5-11(19)6-4-10)15-22-21-14-12(27(15)25-9)7-8-26(16(14)28)17-20-18(29-2)24-23-17/h3-8H,1-2H3,(H,20,23,24). The number of nitrogens with one attached hydrogen (secondary N) is 1. The van der Waals surface area contributed by atoms with Gasteiger partial charge in [-0.2, -0.15) is 10.1 Å². The first-order valence-corrected chi connectivity index (χ1v) is 9.79. The van der Waals surface area contributed by atoms with Crippen molar-refractivity contribution in [2.45, 2.75) is 12.1 Å². The molecule has 1 aromatic carbocycles. The maximum atomic E-state index is 13.3. The van der Waals surface area contributed by atoms with Crippen molar-refractivity contribution in [1.29, 1.82) is 0 Å². The molecular weight excluding hydrogens is 395 g/mol. The summed E-state index contributed by atoms with van der Waals surface area (Å²) in [6.07, 6.45) is 3.43. The zero-order valence-electron chi connectivity index (χ0n) is 15.3. The molecule has 29 heavy (non-hydrogen) atoms. The predicted molar refractivity (Wildman–Crippen MR) is 106 cm³/mol. The molecule has 0 atom stereocenters. The first-order valence-electron chi connectivity index (χ1n) is 8.57. The summed E-state index contributed by atoms with van der Waals surface area (Å²) in [5.41, 5.74) is 2.96. The van der Waals surface area contributed by atoms with Crippen LogP contribution in [-0.4, -0.2) is 45.8 Å². The quantitative estimate of drug-likeness (QED) is 0.457. The fraction of sp³-hybridized carbons (Fsp3) is 0.111. The van der Waals surface area contributed by atoms with Crippen molar-refractivity contribution in [2.75, 3.05) is 6.26 Å². The number of rotatable bonds is 3. The van der Waals surface area contributed by atoms with Gasteiger partial charge in [0, 0.05) is 6.20 Å². The third-order valence-corrected chi connectivity index (χ3v) is 5.10. The highest BCUT2D eigenvalue weighted by Gasteiger charge is 2.18. The Balaban J connectivity index is 1.74. The molecule has 0 amide bonds. The molecule has 0 unspecified atom stereocenters. The number of benzene rings is 1. The van der Waals surface area contributed by atoms with Crippen LogP contribution in [-0.2, 0) is 0 Å². The summed E-state index contributed by atoms with van der Waals surface area (Å²) in [6.45, 7) is 1.83. The van der Waals surface area contributed by atoms with Gasteiger partial charge in [-0.3, -0.25) is 9.36 Å². The van der Waals surface area contributed by atoms with Crippen molar-refractivity contribution >= 4 is 28.4 Å². The van der Waals surface area contributed by atoms with Crippen molar-refractivity contribution in [3.8, 4) is 17.1 Å². The van der Waals surface area contributed by atoms with Crippen molar-refractivity contribution in [2.24, 2.45) is 0 Å². The van der Waals surface area contributed by atoms with Crippen LogP contribution in [0.3, 0.4) is 0 Å². The maximum Gasteiger partial charge on any atom is 0.287 e. The molecule has 0 bridgehead atoms. The van der Waals surface area contributed by atoms with Crippen LogP contribution in [0.2, 0.25) is 0 Å². The number of hydrogen-bond donors (Lipinski definition) is 1. The molecule has 0 spiro atoms. The average Bonchev–Trinajstić information content (AvgIpc) is 3.33. The van der Waals surface area contributed by atoms with Crippen molar-refractivity contribution in [3.63, 3.8) is 0 Å². The lowest BCUT2D eigenvalue weighted by molar-refractivity contribution is 0.628. The number of halogens is 1. The highest BCUT2D eigenvalue weighted by molar-refractivity contribution is 7.98. The second-order valence-corrected chi connectivity index (χ2v) is 7.05. The van der Waals surface area contributed by atoms with Crippen LogP contribution >= 0.6 is 11.8 Å². The van der Waals surface area contributed by atoms with Crippen molar-refractivity contribution in [3.05, 3.63) is 58.4 Å². The summed E-state index contributed by atoms with van der Waals surface area (Å²) in [6, 6.07) is 7.81. The van der Waals surface area contributed by atoms with Crippen LogP contribution < -0.4 is 5.56 Å². The summed E-state index contributed by atoms with van der Waals surface area (Å²) in [5.74, 6) is -0.0243. The Hall–Kier alpha value is -3.60. The lowest BCUT2D eigenvalue weighted by atomic mass is 10.1. The van der Waals surface area contributed by atoms with Gasteiger partial charge in [0.1, 0.15) is 11.3 Å². The van der Waals surface area contributed by atoms with E-state index < -0.39 is 5.56 Å². The molecule has 4 heterocycles. The fourth-order valence-electron chi connectivity index (χ4n) is 3.21. The van der Waals surface area contributed by atoms with Gasteiger partial charge in [0.2, 0.25) is 11.1 Å². The summed E-state index contributed by atoms with van der Waals surface area (Å²) in [7, 11) is 0. The summed E-state index contributed by atoms with van der Waals surface area (Å²) < 4.78 is 16.2.